The van der Waals surface area contributed by atoms with Gasteiger partial charge in [-0.1, -0.05) is 55.3 Å². The lowest BCUT2D eigenvalue weighted by molar-refractivity contribution is -0.126. The van der Waals surface area contributed by atoms with Crippen molar-refractivity contribution in [1.82, 2.24) is 4.90 Å². The normalized spacial score (nSPS) is 19.7. The monoisotopic (exact) mass is 392 g/mol. The van der Waals surface area contributed by atoms with E-state index in [1.54, 1.807) is 0 Å². The van der Waals surface area contributed by atoms with E-state index in [4.69, 9.17) is 4.74 Å². The van der Waals surface area contributed by atoms with Gasteiger partial charge in [-0.05, 0) is 63.0 Å². The van der Waals surface area contributed by atoms with Crippen molar-refractivity contribution in [1.29, 1.82) is 0 Å². The molecule has 1 atom stereocenters. The zero-order valence-electron chi connectivity index (χ0n) is 17.3. The molecule has 0 N–H and O–H groups in total. The van der Waals surface area contributed by atoms with E-state index in [2.05, 4.69) is 17.0 Å². The minimum Gasteiger partial charge on any atom is -0.478 e. The summed E-state index contributed by atoms with van der Waals surface area (Å²) in [5, 5.41) is 0. The number of unbranched alkanes of at least 4 members (excludes halogenated alkanes) is 2. The Hall–Kier alpha value is -2.33. The van der Waals surface area contributed by atoms with Gasteiger partial charge in [0.2, 0.25) is 0 Å². The first-order valence-electron chi connectivity index (χ1n) is 11.1. The molecule has 1 unspecified atom stereocenters. The zero-order chi connectivity index (χ0) is 19.9. The maximum atomic E-state index is 13.2. The average molecular weight is 393 g/mol. The molecule has 2 aliphatic rings. The highest BCUT2D eigenvalue weighted by Crippen LogP contribution is 2.34. The van der Waals surface area contributed by atoms with Gasteiger partial charge >= 0.3 is 0 Å². The van der Waals surface area contributed by atoms with E-state index in [0.717, 1.165) is 36.4 Å². The van der Waals surface area contributed by atoms with E-state index in [1.165, 1.54) is 45.3 Å². The lowest BCUT2D eigenvalue weighted by atomic mass is 10.0. The van der Waals surface area contributed by atoms with Crippen molar-refractivity contribution in [3.05, 3.63) is 60.2 Å². The highest BCUT2D eigenvalue weighted by atomic mass is 16.5. The average Bonchev–Trinajstić information content (AvgIpc) is 2.77. The van der Waals surface area contributed by atoms with Crippen molar-refractivity contribution in [2.75, 3.05) is 31.1 Å². The molecule has 2 aromatic rings. The van der Waals surface area contributed by atoms with Crippen molar-refractivity contribution >= 4 is 11.6 Å². The van der Waals surface area contributed by atoms with Crippen LogP contribution < -0.4 is 9.64 Å². The topological polar surface area (TPSA) is 32.8 Å². The molecule has 0 spiro atoms. The number of likely N-dealkylation sites (tertiary alicyclic amines) is 1. The van der Waals surface area contributed by atoms with Crippen LogP contribution >= 0.6 is 0 Å². The second-order valence-electron chi connectivity index (χ2n) is 8.22. The van der Waals surface area contributed by atoms with E-state index in [1.807, 2.05) is 47.4 Å². The van der Waals surface area contributed by atoms with E-state index < -0.39 is 6.10 Å². The van der Waals surface area contributed by atoms with Gasteiger partial charge < -0.3 is 14.5 Å². The molecule has 1 saturated heterocycles. The highest BCUT2D eigenvalue weighted by molar-refractivity contribution is 6.00. The second kappa shape index (κ2) is 9.93. The Labute approximate surface area is 174 Å². The molecular formula is C25H32N2O2. The third-order valence-electron chi connectivity index (χ3n) is 6.04. The van der Waals surface area contributed by atoms with Crippen LogP contribution in [0.4, 0.5) is 5.69 Å². The van der Waals surface area contributed by atoms with Gasteiger partial charge in [-0.3, -0.25) is 4.79 Å². The number of anilines is 1. The molecule has 2 aromatic carbocycles. The number of amides is 1. The molecule has 1 amide bonds. The molecule has 2 aliphatic heterocycles. The molecule has 4 heteroatoms. The molecule has 0 aliphatic carbocycles. The highest BCUT2D eigenvalue weighted by Gasteiger charge is 2.33. The third-order valence-corrected chi connectivity index (χ3v) is 6.04. The van der Waals surface area contributed by atoms with Crippen molar-refractivity contribution in [2.45, 2.75) is 51.0 Å². The van der Waals surface area contributed by atoms with Crippen LogP contribution in [0.15, 0.2) is 54.6 Å². The molecule has 0 aromatic heterocycles. The molecule has 0 saturated carbocycles. The van der Waals surface area contributed by atoms with Crippen LogP contribution in [0, 0.1) is 0 Å². The van der Waals surface area contributed by atoms with Crippen LogP contribution in [-0.4, -0.2) is 43.1 Å². The first kappa shape index (κ1) is 20.0. The maximum Gasteiger partial charge on any atom is 0.268 e. The van der Waals surface area contributed by atoms with Gasteiger partial charge in [0.25, 0.3) is 5.91 Å². The minimum atomic E-state index is -0.444. The summed E-state index contributed by atoms with van der Waals surface area (Å²) in [5.41, 5.74) is 2.05. The summed E-state index contributed by atoms with van der Waals surface area (Å²) in [6, 6.07) is 18.1. The molecular weight excluding hydrogens is 360 g/mol. The van der Waals surface area contributed by atoms with Gasteiger partial charge in [0.15, 0.2) is 6.10 Å². The Morgan fingerprint density at radius 1 is 0.828 bits per heavy atom. The van der Waals surface area contributed by atoms with Crippen LogP contribution in [0.25, 0.3) is 0 Å². The number of ether oxygens (including phenoxy) is 1. The van der Waals surface area contributed by atoms with Crippen LogP contribution in [0.2, 0.25) is 0 Å². The van der Waals surface area contributed by atoms with Crippen molar-refractivity contribution in [3.63, 3.8) is 0 Å². The molecule has 0 radical (unpaired) electrons. The fraction of sp³-hybridized carbons (Fsp3) is 0.480. The lowest BCUT2D eigenvalue weighted by Gasteiger charge is -2.34. The number of hydrogen-bond donors (Lipinski definition) is 0. The van der Waals surface area contributed by atoms with Gasteiger partial charge in [-0.25, -0.2) is 0 Å². The standard InChI is InChI=1S/C25H32N2O2/c28-25-24(20-21-12-4-1-5-13-21)29-23-15-7-6-14-22(23)27(25)19-11-3-10-18-26-16-8-2-9-17-26/h1,4-7,12-15,24H,2-3,8-11,16-20H2. The summed E-state index contributed by atoms with van der Waals surface area (Å²) in [5.74, 6) is 0.907. The predicted octanol–water partition coefficient (Wildman–Crippen LogP) is 4.68. The SMILES string of the molecule is O=C1C(Cc2ccccc2)Oc2ccccc2N1CCCCCN1CCCCC1. The second-order valence-corrected chi connectivity index (χ2v) is 8.22. The number of carbonyl (C=O) groups is 1. The van der Waals surface area contributed by atoms with Crippen molar-refractivity contribution in [2.24, 2.45) is 0 Å². The van der Waals surface area contributed by atoms with E-state index in [-0.39, 0.29) is 5.91 Å². The molecule has 0 bridgehead atoms. The number of para-hydroxylation sites is 2. The van der Waals surface area contributed by atoms with Crippen LogP contribution in [0.5, 0.6) is 5.75 Å². The Bertz CT molecular complexity index is 786. The Morgan fingerprint density at radius 2 is 1.55 bits per heavy atom. The number of rotatable bonds is 8. The number of nitrogens with zero attached hydrogens (tertiary/aromatic N) is 2. The van der Waals surface area contributed by atoms with E-state index >= 15 is 0 Å². The third kappa shape index (κ3) is 5.18. The minimum absolute atomic E-state index is 0.0867. The number of benzene rings is 2. The predicted molar refractivity (Wildman–Crippen MR) is 117 cm³/mol. The Morgan fingerprint density at radius 3 is 2.38 bits per heavy atom. The first-order valence-corrected chi connectivity index (χ1v) is 11.1. The summed E-state index contributed by atoms with van der Waals surface area (Å²) < 4.78 is 6.09. The summed E-state index contributed by atoms with van der Waals surface area (Å²) in [6.45, 7) is 4.49. The fourth-order valence-corrected chi connectivity index (χ4v) is 4.43. The van der Waals surface area contributed by atoms with Crippen molar-refractivity contribution in [3.8, 4) is 5.75 Å². The quantitative estimate of drug-likeness (QED) is 0.612. The smallest absolute Gasteiger partial charge is 0.268 e. The van der Waals surface area contributed by atoms with Gasteiger partial charge in [-0.15, -0.1) is 0 Å². The van der Waals surface area contributed by atoms with Crippen LogP contribution in [-0.2, 0) is 11.2 Å². The largest absolute Gasteiger partial charge is 0.478 e. The lowest BCUT2D eigenvalue weighted by Crippen LogP contribution is -2.47. The molecule has 4 rings (SSSR count). The first-order chi connectivity index (χ1) is 14.3. The number of piperidine rings is 1. The molecule has 4 nitrogen and oxygen atoms in total. The van der Waals surface area contributed by atoms with Crippen LogP contribution in [0.1, 0.15) is 44.1 Å². The number of fused-ring (bicyclic) bond motifs is 1. The van der Waals surface area contributed by atoms with E-state index in [0.29, 0.717) is 6.42 Å². The molecule has 29 heavy (non-hydrogen) atoms. The fourth-order valence-electron chi connectivity index (χ4n) is 4.43. The van der Waals surface area contributed by atoms with Crippen LogP contribution in [0.3, 0.4) is 0 Å². The van der Waals surface area contributed by atoms with Crippen molar-refractivity contribution < 1.29 is 9.53 Å². The molecule has 154 valence electrons. The zero-order valence-corrected chi connectivity index (χ0v) is 17.3. The molecule has 1 fully saturated rings. The van der Waals surface area contributed by atoms with Gasteiger partial charge in [0.05, 0.1) is 5.69 Å². The maximum absolute atomic E-state index is 13.2. The summed E-state index contributed by atoms with van der Waals surface area (Å²) in [6.07, 6.45) is 7.66. The summed E-state index contributed by atoms with van der Waals surface area (Å²) >= 11 is 0. The summed E-state index contributed by atoms with van der Waals surface area (Å²) in [7, 11) is 0. The number of hydrogen-bond acceptors (Lipinski definition) is 3. The Kier molecular flexibility index (Phi) is 6.83. The molecule has 2 heterocycles. The number of carbonyl (C=O) groups excluding carboxylic acids is 1. The summed E-state index contributed by atoms with van der Waals surface area (Å²) in [4.78, 5) is 17.7. The van der Waals surface area contributed by atoms with E-state index in [9.17, 15) is 4.79 Å². The van der Waals surface area contributed by atoms with Gasteiger partial charge in [0.1, 0.15) is 5.75 Å². The van der Waals surface area contributed by atoms with Gasteiger partial charge in [0, 0.05) is 13.0 Å². The Balaban J connectivity index is 1.34. The van der Waals surface area contributed by atoms with Gasteiger partial charge in [-0.2, -0.15) is 0 Å².